The second kappa shape index (κ2) is 9.73. The zero-order chi connectivity index (χ0) is 23.7. The molecule has 3 aliphatic carbocycles. The molecule has 0 unspecified atom stereocenters. The molecule has 6 rings (SSSR count). The van der Waals surface area contributed by atoms with Crippen LogP contribution in [0.4, 0.5) is 0 Å². The fourth-order valence-electron chi connectivity index (χ4n) is 6.29. The highest BCUT2D eigenvalue weighted by Gasteiger charge is 2.61. The molecular formula is C29H33NO4. The first-order valence-electron chi connectivity index (χ1n) is 12.8. The molecule has 2 amide bonds. The van der Waals surface area contributed by atoms with Crippen molar-refractivity contribution < 1.29 is 19.1 Å². The lowest BCUT2D eigenvalue weighted by Gasteiger charge is -2.45. The van der Waals surface area contributed by atoms with Gasteiger partial charge in [-0.3, -0.25) is 19.3 Å². The Morgan fingerprint density at radius 3 is 1.79 bits per heavy atom. The summed E-state index contributed by atoms with van der Waals surface area (Å²) in [5.74, 6) is -0.908. The van der Waals surface area contributed by atoms with Crippen LogP contribution < -0.4 is 0 Å². The number of rotatable bonds is 10. The molecule has 34 heavy (non-hydrogen) atoms. The SMILES string of the molecule is CCCCCOC(=O)CCCCCN1C(=O)[C@@H]2C3c4ccccc4C(c4ccccc43)[C@@H]2C1=O. The fraction of sp³-hybridized carbons (Fsp3) is 0.483. The second-order valence-corrected chi connectivity index (χ2v) is 9.83. The zero-order valence-electron chi connectivity index (χ0n) is 19.9. The largest absolute Gasteiger partial charge is 0.466 e. The van der Waals surface area contributed by atoms with E-state index in [-0.39, 0.29) is 41.5 Å². The van der Waals surface area contributed by atoms with Crippen LogP contribution in [-0.2, 0) is 19.1 Å². The molecule has 0 aromatic heterocycles. The van der Waals surface area contributed by atoms with Gasteiger partial charge in [0.25, 0.3) is 0 Å². The van der Waals surface area contributed by atoms with Crippen LogP contribution in [0.5, 0.6) is 0 Å². The van der Waals surface area contributed by atoms with Gasteiger partial charge in [-0.2, -0.15) is 0 Å². The lowest BCUT2D eigenvalue weighted by Crippen LogP contribution is -2.41. The molecule has 178 valence electrons. The second-order valence-electron chi connectivity index (χ2n) is 9.83. The Bertz CT molecular complexity index is 978. The monoisotopic (exact) mass is 459 g/mol. The molecule has 2 aromatic carbocycles. The molecule has 1 fully saturated rings. The molecule has 2 atom stereocenters. The van der Waals surface area contributed by atoms with Gasteiger partial charge in [0.2, 0.25) is 11.8 Å². The van der Waals surface area contributed by atoms with Gasteiger partial charge in [0.05, 0.1) is 18.4 Å². The number of benzene rings is 2. The molecule has 0 radical (unpaired) electrons. The summed E-state index contributed by atoms with van der Waals surface area (Å²) >= 11 is 0. The number of hydrogen-bond donors (Lipinski definition) is 0. The summed E-state index contributed by atoms with van der Waals surface area (Å²) in [4.78, 5) is 40.4. The van der Waals surface area contributed by atoms with E-state index in [2.05, 4.69) is 31.2 Å². The molecule has 5 heteroatoms. The summed E-state index contributed by atoms with van der Waals surface area (Å²) in [5, 5.41) is 0. The Kier molecular flexibility index (Phi) is 6.53. The average molecular weight is 460 g/mol. The van der Waals surface area contributed by atoms with Gasteiger partial charge in [-0.05, 0) is 41.5 Å². The van der Waals surface area contributed by atoms with Crippen LogP contribution in [0.25, 0.3) is 0 Å². The van der Waals surface area contributed by atoms with E-state index in [1.54, 1.807) is 0 Å². The lowest BCUT2D eigenvalue weighted by molar-refractivity contribution is -0.144. The van der Waals surface area contributed by atoms with E-state index < -0.39 is 0 Å². The number of unbranched alkanes of at least 4 members (excludes halogenated alkanes) is 4. The number of hydrogen-bond acceptors (Lipinski definition) is 4. The Balaban J connectivity index is 1.23. The summed E-state index contributed by atoms with van der Waals surface area (Å²) < 4.78 is 5.26. The van der Waals surface area contributed by atoms with Crippen molar-refractivity contribution in [1.82, 2.24) is 4.90 Å². The molecule has 5 nitrogen and oxygen atoms in total. The number of nitrogens with zero attached hydrogens (tertiary/aromatic N) is 1. The maximum absolute atomic E-state index is 13.5. The Morgan fingerprint density at radius 2 is 1.29 bits per heavy atom. The standard InChI is InChI=1S/C29H33NO4/c1-2-3-11-18-34-23(31)16-5-4-10-17-30-28(32)26-24-19-12-6-7-13-20(19)25(27(26)29(30)33)22-15-9-8-14-21(22)24/h6-9,12-15,24-27H,2-5,10-11,16-18H2,1H3/t24?,25?,26-,27+. The van der Waals surface area contributed by atoms with E-state index >= 15 is 0 Å². The molecule has 2 bridgehead atoms. The third-order valence-corrected chi connectivity index (χ3v) is 7.81. The maximum atomic E-state index is 13.5. The third-order valence-electron chi connectivity index (χ3n) is 7.81. The normalized spacial score (nSPS) is 24.1. The van der Waals surface area contributed by atoms with Crippen molar-refractivity contribution in [2.75, 3.05) is 13.2 Å². The smallest absolute Gasteiger partial charge is 0.305 e. The van der Waals surface area contributed by atoms with Crippen LogP contribution in [0.3, 0.4) is 0 Å². The van der Waals surface area contributed by atoms with Gasteiger partial charge in [0, 0.05) is 24.8 Å². The molecule has 0 N–H and O–H groups in total. The number of amides is 2. The van der Waals surface area contributed by atoms with Crippen molar-refractivity contribution in [3.05, 3.63) is 70.8 Å². The summed E-state index contributed by atoms with van der Waals surface area (Å²) in [6, 6.07) is 16.6. The molecule has 2 aromatic rings. The average Bonchev–Trinajstić information content (AvgIpc) is 3.12. The van der Waals surface area contributed by atoms with Gasteiger partial charge in [-0.15, -0.1) is 0 Å². The number of carbonyl (C=O) groups is 3. The Hall–Kier alpha value is -2.95. The Labute approximate surface area is 201 Å². The minimum Gasteiger partial charge on any atom is -0.466 e. The molecule has 0 saturated carbocycles. The van der Waals surface area contributed by atoms with Crippen LogP contribution in [0.1, 0.15) is 86.0 Å². The zero-order valence-corrected chi connectivity index (χ0v) is 19.9. The summed E-state index contributed by atoms with van der Waals surface area (Å²) in [5.41, 5.74) is 4.81. The van der Waals surface area contributed by atoms with E-state index in [1.807, 2.05) is 24.3 Å². The highest BCUT2D eigenvalue weighted by Crippen LogP contribution is 2.60. The van der Waals surface area contributed by atoms with E-state index in [4.69, 9.17) is 4.74 Å². The molecule has 1 heterocycles. The predicted molar refractivity (Wildman–Crippen MR) is 129 cm³/mol. The summed E-state index contributed by atoms with van der Waals surface area (Å²) in [6.45, 7) is 3.05. The van der Waals surface area contributed by atoms with Gasteiger partial charge in [-0.25, -0.2) is 0 Å². The van der Waals surface area contributed by atoms with E-state index in [0.29, 0.717) is 19.6 Å². The van der Waals surface area contributed by atoms with Crippen molar-refractivity contribution >= 4 is 17.8 Å². The Morgan fingerprint density at radius 1 is 0.765 bits per heavy atom. The molecule has 4 aliphatic rings. The van der Waals surface area contributed by atoms with E-state index in [1.165, 1.54) is 27.2 Å². The van der Waals surface area contributed by atoms with Crippen molar-refractivity contribution in [2.24, 2.45) is 11.8 Å². The maximum Gasteiger partial charge on any atom is 0.305 e. The van der Waals surface area contributed by atoms with Crippen LogP contribution in [0.15, 0.2) is 48.5 Å². The fourth-order valence-corrected chi connectivity index (χ4v) is 6.29. The predicted octanol–water partition coefficient (Wildman–Crippen LogP) is 5.17. The van der Waals surface area contributed by atoms with Gasteiger partial charge in [-0.1, -0.05) is 74.7 Å². The first kappa shape index (κ1) is 22.8. The molecule has 0 spiro atoms. The first-order chi connectivity index (χ1) is 16.6. The summed E-state index contributed by atoms with van der Waals surface area (Å²) in [6.07, 6.45) is 5.72. The minimum absolute atomic E-state index is 0.0238. The third kappa shape index (κ3) is 3.85. The van der Waals surface area contributed by atoms with Crippen LogP contribution in [-0.4, -0.2) is 35.8 Å². The molecule has 1 saturated heterocycles. The lowest BCUT2D eigenvalue weighted by atomic mass is 9.55. The van der Waals surface area contributed by atoms with Gasteiger partial charge < -0.3 is 4.74 Å². The topological polar surface area (TPSA) is 63.7 Å². The number of imide groups is 1. The van der Waals surface area contributed by atoms with Crippen LogP contribution in [0.2, 0.25) is 0 Å². The molecular weight excluding hydrogens is 426 g/mol. The van der Waals surface area contributed by atoms with Crippen molar-refractivity contribution in [1.29, 1.82) is 0 Å². The quantitative estimate of drug-likeness (QED) is 0.279. The van der Waals surface area contributed by atoms with Crippen molar-refractivity contribution in [3.63, 3.8) is 0 Å². The van der Waals surface area contributed by atoms with Crippen LogP contribution in [0, 0.1) is 11.8 Å². The summed E-state index contributed by atoms with van der Waals surface area (Å²) in [7, 11) is 0. The van der Waals surface area contributed by atoms with E-state index in [9.17, 15) is 14.4 Å². The van der Waals surface area contributed by atoms with Gasteiger partial charge >= 0.3 is 5.97 Å². The highest BCUT2D eigenvalue weighted by molar-refractivity contribution is 6.07. The van der Waals surface area contributed by atoms with Crippen molar-refractivity contribution in [2.45, 2.75) is 63.7 Å². The van der Waals surface area contributed by atoms with Crippen LogP contribution >= 0.6 is 0 Å². The van der Waals surface area contributed by atoms with Crippen molar-refractivity contribution in [3.8, 4) is 0 Å². The number of esters is 1. The number of carbonyl (C=O) groups excluding carboxylic acids is 3. The van der Waals surface area contributed by atoms with Gasteiger partial charge in [0.1, 0.15) is 0 Å². The number of ether oxygens (including phenoxy) is 1. The number of likely N-dealkylation sites (tertiary alicyclic amines) is 1. The highest BCUT2D eigenvalue weighted by atomic mass is 16.5. The first-order valence-corrected chi connectivity index (χ1v) is 12.8. The van der Waals surface area contributed by atoms with Gasteiger partial charge in [0.15, 0.2) is 0 Å². The minimum atomic E-state index is -0.305. The van der Waals surface area contributed by atoms with E-state index in [0.717, 1.165) is 38.5 Å². The molecule has 1 aliphatic heterocycles.